The van der Waals surface area contributed by atoms with Crippen molar-refractivity contribution in [1.29, 1.82) is 0 Å². The average Bonchev–Trinajstić information content (AvgIpc) is 3.27. The molecule has 0 aliphatic rings. The molecule has 2 aromatic carbocycles. The number of hydrogen-bond donors (Lipinski definition) is 3. The van der Waals surface area contributed by atoms with Gasteiger partial charge in [-0.05, 0) is 24.3 Å². The van der Waals surface area contributed by atoms with Crippen molar-refractivity contribution in [2.45, 2.75) is 0 Å². The zero-order valence-electron chi connectivity index (χ0n) is 13.4. The minimum Gasteiger partial charge on any atom is -0.496 e. The predicted octanol–water partition coefficient (Wildman–Crippen LogP) is 3.21. The lowest BCUT2D eigenvalue weighted by Crippen LogP contribution is -2.13. The highest BCUT2D eigenvalue weighted by Crippen LogP contribution is 2.26. The fourth-order valence-corrected chi connectivity index (χ4v) is 2.65. The molecule has 4 rings (SSSR count). The van der Waals surface area contributed by atoms with Crippen molar-refractivity contribution in [2.24, 2.45) is 0 Å². The Kier molecular flexibility index (Phi) is 3.66. The van der Waals surface area contributed by atoms with Gasteiger partial charge in [0.05, 0.1) is 29.4 Å². The fourth-order valence-electron chi connectivity index (χ4n) is 2.65. The summed E-state index contributed by atoms with van der Waals surface area (Å²) in [6.07, 6.45) is 1.62. The van der Waals surface area contributed by atoms with Crippen molar-refractivity contribution in [3.63, 3.8) is 0 Å². The summed E-state index contributed by atoms with van der Waals surface area (Å²) in [5.41, 5.74) is 3.26. The molecule has 3 N–H and O–H groups in total. The first-order chi connectivity index (χ1) is 12.3. The number of fused-ring (bicyclic) bond motifs is 1. The molecular weight excluding hydrogens is 318 g/mol. The van der Waals surface area contributed by atoms with Crippen LogP contribution in [-0.4, -0.2) is 33.2 Å². The molecule has 0 bridgehead atoms. The lowest BCUT2D eigenvalue weighted by Gasteiger charge is -2.08. The Morgan fingerprint density at radius 3 is 2.76 bits per heavy atom. The van der Waals surface area contributed by atoms with Crippen LogP contribution in [0.5, 0.6) is 5.75 Å². The molecule has 7 heteroatoms. The molecule has 0 aliphatic heterocycles. The molecule has 2 aromatic heterocycles. The van der Waals surface area contributed by atoms with Crippen molar-refractivity contribution in [2.75, 3.05) is 12.4 Å². The van der Waals surface area contributed by atoms with Crippen molar-refractivity contribution in [3.8, 4) is 17.3 Å². The molecule has 0 saturated carbocycles. The highest BCUT2D eigenvalue weighted by atomic mass is 16.5. The molecule has 124 valence electrons. The maximum absolute atomic E-state index is 12.6. The van der Waals surface area contributed by atoms with E-state index in [9.17, 15) is 4.79 Å². The van der Waals surface area contributed by atoms with Gasteiger partial charge in [-0.1, -0.05) is 24.3 Å². The predicted molar refractivity (Wildman–Crippen MR) is 94.6 cm³/mol. The molecule has 0 unspecified atom stereocenters. The van der Waals surface area contributed by atoms with E-state index < -0.39 is 0 Å². The lowest BCUT2D eigenvalue weighted by atomic mass is 10.2. The van der Waals surface area contributed by atoms with Crippen molar-refractivity contribution < 1.29 is 9.53 Å². The summed E-state index contributed by atoms with van der Waals surface area (Å²) in [5, 5.41) is 9.83. The van der Waals surface area contributed by atoms with Gasteiger partial charge in [0, 0.05) is 6.20 Å². The summed E-state index contributed by atoms with van der Waals surface area (Å²) in [7, 11) is 1.53. The van der Waals surface area contributed by atoms with Gasteiger partial charge in [-0.3, -0.25) is 9.89 Å². The number of carbonyl (C=O) groups is 1. The van der Waals surface area contributed by atoms with Crippen LogP contribution >= 0.6 is 0 Å². The average molecular weight is 333 g/mol. The number of carbonyl (C=O) groups excluding carboxylic acids is 1. The van der Waals surface area contributed by atoms with Gasteiger partial charge in [-0.15, -0.1) is 0 Å². The van der Waals surface area contributed by atoms with Crippen molar-refractivity contribution in [3.05, 3.63) is 60.3 Å². The number of para-hydroxylation sites is 3. The number of benzene rings is 2. The van der Waals surface area contributed by atoms with Crippen molar-refractivity contribution >= 4 is 22.6 Å². The van der Waals surface area contributed by atoms with Gasteiger partial charge in [-0.25, -0.2) is 4.98 Å². The van der Waals surface area contributed by atoms with Crippen LogP contribution in [-0.2, 0) is 0 Å². The number of ether oxygens (including phenoxy) is 1. The van der Waals surface area contributed by atoms with Gasteiger partial charge in [0.1, 0.15) is 5.75 Å². The summed E-state index contributed by atoms with van der Waals surface area (Å²) in [6, 6.07) is 14.7. The van der Waals surface area contributed by atoms with Gasteiger partial charge in [0.25, 0.3) is 5.91 Å². The largest absolute Gasteiger partial charge is 0.496 e. The highest BCUT2D eigenvalue weighted by molar-refractivity contribution is 6.07. The van der Waals surface area contributed by atoms with E-state index in [4.69, 9.17) is 4.74 Å². The van der Waals surface area contributed by atoms with E-state index in [0.29, 0.717) is 28.5 Å². The zero-order chi connectivity index (χ0) is 17.2. The molecule has 0 fully saturated rings. The molecule has 25 heavy (non-hydrogen) atoms. The van der Waals surface area contributed by atoms with E-state index in [1.54, 1.807) is 24.4 Å². The summed E-state index contributed by atoms with van der Waals surface area (Å²) in [4.78, 5) is 20.3. The Morgan fingerprint density at radius 1 is 1.12 bits per heavy atom. The molecule has 0 spiro atoms. The second kappa shape index (κ2) is 6.12. The van der Waals surface area contributed by atoms with Crippen LogP contribution in [0.1, 0.15) is 10.4 Å². The second-order valence-corrected chi connectivity index (χ2v) is 5.40. The summed E-state index contributed by atoms with van der Waals surface area (Å²) >= 11 is 0. The van der Waals surface area contributed by atoms with E-state index in [-0.39, 0.29) is 5.91 Å². The molecule has 1 amide bonds. The van der Waals surface area contributed by atoms with E-state index in [0.717, 1.165) is 11.0 Å². The Bertz CT molecular complexity index is 1020. The van der Waals surface area contributed by atoms with Gasteiger partial charge in [0.2, 0.25) is 0 Å². The van der Waals surface area contributed by atoms with Crippen LogP contribution in [0.4, 0.5) is 5.69 Å². The van der Waals surface area contributed by atoms with Gasteiger partial charge in [0.15, 0.2) is 11.5 Å². The van der Waals surface area contributed by atoms with E-state index in [1.807, 2.05) is 30.3 Å². The van der Waals surface area contributed by atoms with Gasteiger partial charge in [-0.2, -0.15) is 5.10 Å². The number of aromatic nitrogens is 4. The van der Waals surface area contributed by atoms with Crippen molar-refractivity contribution in [1.82, 2.24) is 20.2 Å². The number of H-pyrrole nitrogens is 2. The normalized spacial score (nSPS) is 10.8. The van der Waals surface area contributed by atoms with Crippen LogP contribution in [0.2, 0.25) is 0 Å². The Hall–Kier alpha value is -3.61. The van der Waals surface area contributed by atoms with E-state index in [2.05, 4.69) is 25.5 Å². The summed E-state index contributed by atoms with van der Waals surface area (Å²) in [5.74, 6) is 0.808. The first kappa shape index (κ1) is 14.9. The molecule has 2 heterocycles. The van der Waals surface area contributed by atoms with Gasteiger partial charge < -0.3 is 15.0 Å². The number of hydrogen-bond acceptors (Lipinski definition) is 4. The number of imidazole rings is 1. The van der Waals surface area contributed by atoms with Gasteiger partial charge >= 0.3 is 0 Å². The smallest absolute Gasteiger partial charge is 0.259 e. The van der Waals surface area contributed by atoms with Crippen LogP contribution in [0.15, 0.2) is 54.7 Å². The second-order valence-electron chi connectivity index (χ2n) is 5.40. The summed E-state index contributed by atoms with van der Waals surface area (Å²) in [6.45, 7) is 0. The number of methoxy groups -OCH3 is 1. The van der Waals surface area contributed by atoms with Crippen LogP contribution in [0, 0.1) is 0 Å². The molecule has 0 saturated heterocycles. The minimum absolute atomic E-state index is 0.281. The Morgan fingerprint density at radius 2 is 1.92 bits per heavy atom. The van der Waals surface area contributed by atoms with Crippen LogP contribution in [0.25, 0.3) is 22.6 Å². The lowest BCUT2D eigenvalue weighted by molar-refractivity contribution is 0.102. The third-order valence-electron chi connectivity index (χ3n) is 3.85. The molecule has 0 aliphatic carbocycles. The highest BCUT2D eigenvalue weighted by Gasteiger charge is 2.17. The maximum Gasteiger partial charge on any atom is 0.259 e. The maximum atomic E-state index is 12.6. The first-order valence-electron chi connectivity index (χ1n) is 7.69. The number of amides is 1. The molecule has 0 atom stereocenters. The molecule has 7 nitrogen and oxygen atoms in total. The number of rotatable bonds is 4. The Labute approximate surface area is 143 Å². The van der Waals surface area contributed by atoms with Crippen LogP contribution < -0.4 is 10.1 Å². The monoisotopic (exact) mass is 333 g/mol. The Balaban J connectivity index is 1.67. The molecule has 4 aromatic rings. The van der Waals surface area contributed by atoms with Crippen LogP contribution in [0.3, 0.4) is 0 Å². The molecular formula is C18H15N5O2. The molecule has 0 radical (unpaired) electrons. The number of nitrogens with one attached hydrogen (secondary N) is 3. The SMILES string of the molecule is COc1ccccc1C(=O)Nc1c[nH]nc1-c1nc2ccccc2[nH]1. The quantitative estimate of drug-likeness (QED) is 0.534. The number of nitrogens with zero attached hydrogens (tertiary/aromatic N) is 2. The van der Waals surface area contributed by atoms with E-state index in [1.165, 1.54) is 7.11 Å². The number of aromatic amines is 2. The third kappa shape index (κ3) is 2.72. The topological polar surface area (TPSA) is 95.7 Å². The third-order valence-corrected chi connectivity index (χ3v) is 3.85. The number of anilines is 1. The minimum atomic E-state index is -0.281. The summed E-state index contributed by atoms with van der Waals surface area (Å²) < 4.78 is 5.24. The first-order valence-corrected chi connectivity index (χ1v) is 7.69. The fraction of sp³-hybridized carbons (Fsp3) is 0.0556. The standard InChI is InChI=1S/C18H15N5O2/c1-25-15-9-5-2-6-11(15)18(24)22-14-10-19-23-16(14)17-20-12-7-3-4-8-13(12)21-17/h2-10H,1H3,(H,19,23)(H,20,21)(H,22,24). The van der Waals surface area contributed by atoms with E-state index >= 15 is 0 Å². The zero-order valence-corrected chi connectivity index (χ0v) is 13.4.